The maximum Gasteiger partial charge on any atom is 0.317 e. The van der Waals surface area contributed by atoms with Crippen molar-refractivity contribution in [2.75, 3.05) is 26.2 Å². The van der Waals surface area contributed by atoms with Gasteiger partial charge in [-0.3, -0.25) is 0 Å². The van der Waals surface area contributed by atoms with Crippen molar-refractivity contribution in [3.05, 3.63) is 35.9 Å². The summed E-state index contributed by atoms with van der Waals surface area (Å²) in [5.74, 6) is 0.872. The van der Waals surface area contributed by atoms with E-state index in [1.807, 2.05) is 42.2 Å². The minimum atomic E-state index is -0.0837. The van der Waals surface area contributed by atoms with Crippen molar-refractivity contribution in [1.82, 2.24) is 10.2 Å². The summed E-state index contributed by atoms with van der Waals surface area (Å²) in [6, 6.07) is 10.0. The van der Waals surface area contributed by atoms with Gasteiger partial charge in [-0.05, 0) is 37.2 Å². The molecule has 0 bridgehead atoms. The van der Waals surface area contributed by atoms with E-state index in [0.717, 1.165) is 18.4 Å². The molecular formula is C20H32N2O3. The van der Waals surface area contributed by atoms with Gasteiger partial charge in [-0.2, -0.15) is 0 Å². The lowest BCUT2D eigenvalue weighted by Gasteiger charge is -2.37. The van der Waals surface area contributed by atoms with Gasteiger partial charge >= 0.3 is 6.03 Å². The fourth-order valence-corrected chi connectivity index (χ4v) is 3.46. The fraction of sp³-hybridized carbons (Fsp3) is 0.650. The number of ether oxygens (including phenoxy) is 1. The first-order chi connectivity index (χ1) is 12.0. The van der Waals surface area contributed by atoms with E-state index in [0.29, 0.717) is 31.5 Å². The highest BCUT2D eigenvalue weighted by atomic mass is 16.5. The molecule has 0 saturated carbocycles. The number of aliphatic hydroxyl groups excluding tert-OH is 1. The van der Waals surface area contributed by atoms with Gasteiger partial charge in [0, 0.05) is 19.7 Å². The molecule has 1 aromatic carbocycles. The van der Waals surface area contributed by atoms with Gasteiger partial charge in [0.1, 0.15) is 6.10 Å². The molecule has 140 valence electrons. The summed E-state index contributed by atoms with van der Waals surface area (Å²) in [6.45, 7) is 8.28. The second kappa shape index (κ2) is 9.78. The molecule has 2 amide bonds. The molecule has 0 radical (unpaired) electrons. The predicted molar refractivity (Wildman–Crippen MR) is 99.3 cm³/mol. The van der Waals surface area contributed by atoms with Gasteiger partial charge in [-0.25, -0.2) is 4.79 Å². The molecular weight excluding hydrogens is 316 g/mol. The Morgan fingerprint density at radius 2 is 2.04 bits per heavy atom. The average molecular weight is 348 g/mol. The largest absolute Gasteiger partial charge is 0.396 e. The highest BCUT2D eigenvalue weighted by molar-refractivity contribution is 5.74. The average Bonchev–Trinajstić information content (AvgIpc) is 2.59. The van der Waals surface area contributed by atoms with Crippen molar-refractivity contribution in [1.29, 1.82) is 0 Å². The van der Waals surface area contributed by atoms with E-state index in [-0.39, 0.29) is 24.8 Å². The maximum absolute atomic E-state index is 12.6. The van der Waals surface area contributed by atoms with E-state index >= 15 is 0 Å². The Bertz CT molecular complexity index is 521. The molecule has 1 fully saturated rings. The molecule has 1 saturated heterocycles. The molecule has 1 heterocycles. The van der Waals surface area contributed by atoms with Crippen molar-refractivity contribution in [3.8, 4) is 0 Å². The third-order valence-corrected chi connectivity index (χ3v) is 4.60. The monoisotopic (exact) mass is 348 g/mol. The summed E-state index contributed by atoms with van der Waals surface area (Å²) in [4.78, 5) is 14.5. The molecule has 0 spiro atoms. The second-order valence-corrected chi connectivity index (χ2v) is 7.44. The van der Waals surface area contributed by atoms with Gasteiger partial charge in [0.2, 0.25) is 0 Å². The Hall–Kier alpha value is -1.59. The van der Waals surface area contributed by atoms with Crippen molar-refractivity contribution in [2.45, 2.75) is 45.8 Å². The molecule has 5 nitrogen and oxygen atoms in total. The lowest BCUT2D eigenvalue weighted by Crippen LogP contribution is -2.50. The normalized spacial score (nSPS) is 22.0. The van der Waals surface area contributed by atoms with Gasteiger partial charge in [-0.15, -0.1) is 0 Å². The van der Waals surface area contributed by atoms with E-state index in [1.165, 1.54) is 0 Å². The first-order valence-corrected chi connectivity index (χ1v) is 9.33. The minimum Gasteiger partial charge on any atom is -0.396 e. The number of amides is 2. The molecule has 2 rings (SSSR count). The lowest BCUT2D eigenvalue weighted by molar-refractivity contribution is -0.0657. The number of hydrogen-bond donors (Lipinski definition) is 2. The number of aliphatic hydroxyl groups is 1. The van der Waals surface area contributed by atoms with Crippen LogP contribution in [0.5, 0.6) is 0 Å². The fourth-order valence-electron chi connectivity index (χ4n) is 3.46. The maximum atomic E-state index is 12.6. The Balaban J connectivity index is 1.91. The Morgan fingerprint density at radius 3 is 2.68 bits per heavy atom. The lowest BCUT2D eigenvalue weighted by atomic mass is 9.94. The molecule has 3 atom stereocenters. The summed E-state index contributed by atoms with van der Waals surface area (Å²) in [7, 11) is 0. The standard InChI is InChI=1S/C20H32N2O3/c1-15(2)11-17(9-10-23)12-21-20(24)22-13-16(3)25-19(14-22)18-7-5-4-6-8-18/h4-8,15-17,19,23H,9-14H2,1-3H3,(H,21,24). The summed E-state index contributed by atoms with van der Waals surface area (Å²) in [6.07, 6.45) is 1.66. The van der Waals surface area contributed by atoms with Crippen LogP contribution in [0, 0.1) is 11.8 Å². The number of rotatable bonds is 7. The van der Waals surface area contributed by atoms with Gasteiger partial charge in [0.25, 0.3) is 0 Å². The third-order valence-electron chi connectivity index (χ3n) is 4.60. The van der Waals surface area contributed by atoms with Gasteiger partial charge in [0.05, 0.1) is 12.6 Å². The first-order valence-electron chi connectivity index (χ1n) is 9.33. The molecule has 1 aromatic rings. The summed E-state index contributed by atoms with van der Waals surface area (Å²) < 4.78 is 6.01. The number of benzene rings is 1. The first kappa shape index (κ1) is 19.7. The SMILES string of the molecule is CC(C)CC(CCO)CNC(=O)N1CC(C)OC(c2ccccc2)C1. The van der Waals surface area contributed by atoms with Gasteiger partial charge in [0.15, 0.2) is 0 Å². The van der Waals surface area contributed by atoms with Crippen LogP contribution in [-0.2, 0) is 4.74 Å². The summed E-state index contributed by atoms with van der Waals surface area (Å²) in [5.41, 5.74) is 1.10. The van der Waals surface area contributed by atoms with Gasteiger partial charge in [-0.1, -0.05) is 44.2 Å². The van der Waals surface area contributed by atoms with E-state index < -0.39 is 0 Å². The number of nitrogens with zero attached hydrogens (tertiary/aromatic N) is 1. The van der Waals surface area contributed by atoms with Crippen LogP contribution in [0.25, 0.3) is 0 Å². The molecule has 0 aromatic heterocycles. The van der Waals surface area contributed by atoms with Crippen LogP contribution < -0.4 is 5.32 Å². The molecule has 5 heteroatoms. The Kier molecular flexibility index (Phi) is 7.72. The van der Waals surface area contributed by atoms with Gasteiger partial charge < -0.3 is 20.1 Å². The van der Waals surface area contributed by atoms with Crippen molar-refractivity contribution >= 4 is 6.03 Å². The van der Waals surface area contributed by atoms with Crippen LogP contribution in [0.1, 0.15) is 45.3 Å². The quantitative estimate of drug-likeness (QED) is 0.795. The molecule has 1 aliphatic rings. The van der Waals surface area contributed by atoms with E-state index in [2.05, 4.69) is 19.2 Å². The Labute approximate surface area is 151 Å². The molecule has 3 unspecified atom stereocenters. The number of hydrogen-bond acceptors (Lipinski definition) is 3. The van der Waals surface area contributed by atoms with Crippen LogP contribution in [0.2, 0.25) is 0 Å². The number of morpholine rings is 1. The summed E-state index contributed by atoms with van der Waals surface area (Å²) in [5, 5.41) is 12.3. The highest BCUT2D eigenvalue weighted by Gasteiger charge is 2.29. The summed E-state index contributed by atoms with van der Waals surface area (Å²) >= 11 is 0. The zero-order valence-electron chi connectivity index (χ0n) is 15.6. The highest BCUT2D eigenvalue weighted by Crippen LogP contribution is 2.25. The minimum absolute atomic E-state index is 0.00797. The zero-order valence-corrected chi connectivity index (χ0v) is 15.6. The Morgan fingerprint density at radius 1 is 1.32 bits per heavy atom. The van der Waals surface area contributed by atoms with Crippen molar-refractivity contribution in [2.24, 2.45) is 11.8 Å². The van der Waals surface area contributed by atoms with Crippen LogP contribution in [0.15, 0.2) is 30.3 Å². The van der Waals surface area contributed by atoms with E-state index in [1.54, 1.807) is 0 Å². The van der Waals surface area contributed by atoms with Crippen LogP contribution in [0.4, 0.5) is 4.79 Å². The number of carbonyl (C=O) groups is 1. The number of urea groups is 1. The van der Waals surface area contributed by atoms with Crippen LogP contribution in [-0.4, -0.2) is 48.4 Å². The molecule has 1 aliphatic heterocycles. The van der Waals surface area contributed by atoms with Crippen molar-refractivity contribution in [3.63, 3.8) is 0 Å². The third kappa shape index (κ3) is 6.33. The molecule has 0 aliphatic carbocycles. The van der Waals surface area contributed by atoms with E-state index in [4.69, 9.17) is 4.74 Å². The van der Waals surface area contributed by atoms with Crippen molar-refractivity contribution < 1.29 is 14.6 Å². The molecule has 2 N–H and O–H groups in total. The molecule has 25 heavy (non-hydrogen) atoms. The number of carbonyl (C=O) groups excluding carboxylic acids is 1. The number of nitrogens with one attached hydrogen (secondary N) is 1. The second-order valence-electron chi connectivity index (χ2n) is 7.44. The zero-order chi connectivity index (χ0) is 18.2. The smallest absolute Gasteiger partial charge is 0.317 e. The predicted octanol–water partition coefficient (Wildman–Crippen LogP) is 3.20. The topological polar surface area (TPSA) is 61.8 Å². The van der Waals surface area contributed by atoms with Crippen LogP contribution >= 0.6 is 0 Å². The van der Waals surface area contributed by atoms with Crippen LogP contribution in [0.3, 0.4) is 0 Å². The van der Waals surface area contributed by atoms with E-state index in [9.17, 15) is 9.90 Å².